The van der Waals surface area contributed by atoms with Crippen LogP contribution in [0.2, 0.25) is 0 Å². The van der Waals surface area contributed by atoms with E-state index in [1.54, 1.807) is 13.8 Å². The zero-order chi connectivity index (χ0) is 19.4. The van der Waals surface area contributed by atoms with Crippen molar-refractivity contribution in [3.05, 3.63) is 0 Å². The molecule has 2 atom stereocenters. The number of hydrogen-bond donors (Lipinski definition) is 6. The van der Waals surface area contributed by atoms with Gasteiger partial charge in [-0.2, -0.15) is 0 Å². The van der Waals surface area contributed by atoms with Gasteiger partial charge in [-0.3, -0.25) is 0 Å². The Balaban J connectivity index is -0.000000173. The van der Waals surface area contributed by atoms with Crippen molar-refractivity contribution in [2.45, 2.75) is 26.2 Å². The molecule has 0 aliphatic rings. The SMILES string of the molecule is CC(NC(=S)[S-])N(N)NC(=S)[S-].CC(NC(=S)[S-])N(N)NC(=S)[S-].[Mn+2].[Zn+2]. The Bertz CT molecular complexity index is 380. The summed E-state index contributed by atoms with van der Waals surface area (Å²) in [7, 11) is 0. The van der Waals surface area contributed by atoms with Crippen LogP contribution < -0.4 is 33.2 Å². The molecule has 2 unspecified atom stereocenters. The number of hydrazine groups is 4. The number of nitrogens with one attached hydrogen (secondary N) is 4. The fourth-order valence-corrected chi connectivity index (χ4v) is 1.99. The van der Waals surface area contributed by atoms with Gasteiger partial charge < -0.3 is 121 Å². The van der Waals surface area contributed by atoms with Crippen molar-refractivity contribution in [2.24, 2.45) is 11.7 Å². The third kappa shape index (κ3) is 23.5. The molecule has 0 heterocycles. The maximum atomic E-state index is 5.47. The van der Waals surface area contributed by atoms with Gasteiger partial charge in [0.15, 0.2) is 0 Å². The van der Waals surface area contributed by atoms with Crippen LogP contribution in [0.15, 0.2) is 0 Å². The van der Waals surface area contributed by atoms with E-state index in [0.29, 0.717) is 0 Å². The van der Waals surface area contributed by atoms with Crippen molar-refractivity contribution < 1.29 is 36.5 Å². The number of nitrogens with zero attached hydrogens (tertiary/aromatic N) is 2. The molecule has 26 heavy (non-hydrogen) atoms. The predicted octanol–water partition coefficient (Wildman–Crippen LogP) is -1.47. The van der Waals surface area contributed by atoms with E-state index in [-0.39, 0.29) is 66.2 Å². The molecule has 0 aliphatic heterocycles. The zero-order valence-corrected chi connectivity index (χ0v) is 24.2. The molecule has 0 rings (SSSR count). The van der Waals surface area contributed by atoms with Gasteiger partial charge in [0.1, 0.15) is 12.3 Å². The molecule has 0 amide bonds. The van der Waals surface area contributed by atoms with Crippen molar-refractivity contribution in [2.75, 3.05) is 0 Å². The third-order valence-electron chi connectivity index (χ3n) is 1.93. The molecule has 145 valence electrons. The predicted molar refractivity (Wildman–Crippen MR) is 123 cm³/mol. The van der Waals surface area contributed by atoms with Crippen LogP contribution in [0.25, 0.3) is 0 Å². The van der Waals surface area contributed by atoms with Crippen molar-refractivity contribution in [3.8, 4) is 0 Å². The number of nitrogens with two attached hydrogens (primary N) is 2. The normalized spacial score (nSPS) is 11.3. The molecule has 0 fully saturated rings. The standard InChI is InChI=1S/2C4H10N4S4.Mn.Zn/c2*1-2(6-3(9)10)8(5)7-4(11)12;;/h2*2H,5H2,1H3,(H2,6,9,10)(H2,7,11,12);;/q;;2*+2/p-4. The summed E-state index contributed by atoms with van der Waals surface area (Å²) in [5.41, 5.74) is 5.07. The molecule has 0 aliphatic carbocycles. The van der Waals surface area contributed by atoms with Gasteiger partial charge in [0.2, 0.25) is 0 Å². The first kappa shape index (κ1) is 34.9. The first-order chi connectivity index (χ1) is 10.9. The molecule has 0 spiro atoms. The first-order valence-electron chi connectivity index (χ1n) is 5.85. The van der Waals surface area contributed by atoms with Crippen LogP contribution in [0.1, 0.15) is 13.8 Å². The van der Waals surface area contributed by atoms with Crippen molar-refractivity contribution in [3.63, 3.8) is 0 Å². The van der Waals surface area contributed by atoms with Crippen LogP contribution in [-0.4, -0.2) is 39.8 Å². The molecule has 0 aromatic rings. The Morgan fingerprint density at radius 3 is 1.12 bits per heavy atom. The molecule has 8 nitrogen and oxygen atoms in total. The third-order valence-corrected chi connectivity index (χ3v) is 2.77. The Morgan fingerprint density at radius 2 is 0.962 bits per heavy atom. The minimum atomic E-state index is -0.254. The van der Waals surface area contributed by atoms with Crippen molar-refractivity contribution in [1.29, 1.82) is 0 Å². The van der Waals surface area contributed by atoms with Crippen molar-refractivity contribution >= 4 is 117 Å². The van der Waals surface area contributed by atoms with Gasteiger partial charge in [-0.15, -0.1) is 10.2 Å². The molecule has 0 aromatic carbocycles. The summed E-state index contributed by atoms with van der Waals surface area (Å²) in [5.74, 6) is 10.9. The summed E-state index contributed by atoms with van der Waals surface area (Å²) < 4.78 is 0.827. The van der Waals surface area contributed by atoms with Crippen LogP contribution in [-0.2, 0) is 87.1 Å². The van der Waals surface area contributed by atoms with Gasteiger partial charge in [-0.1, -0.05) is 8.64 Å². The largest absolute Gasteiger partial charge is 2.00 e. The van der Waals surface area contributed by atoms with Gasteiger partial charge in [0.05, 0.1) is 0 Å². The van der Waals surface area contributed by atoms with Gasteiger partial charge in [-0.25, -0.2) is 11.7 Å². The quantitative estimate of drug-likeness (QED) is 0.0533. The average molecular weight is 601 g/mol. The monoisotopic (exact) mass is 599 g/mol. The summed E-state index contributed by atoms with van der Waals surface area (Å²) >= 11 is 37.0. The van der Waals surface area contributed by atoms with E-state index in [4.69, 9.17) is 11.7 Å². The summed E-state index contributed by atoms with van der Waals surface area (Å²) in [5, 5.41) is 7.86. The molecule has 0 saturated carbocycles. The topological polar surface area (TPSA) is 107 Å². The summed E-state index contributed by atoms with van der Waals surface area (Å²) in [4.78, 5) is 0. The van der Waals surface area contributed by atoms with E-state index in [2.05, 4.69) is 121 Å². The van der Waals surface area contributed by atoms with E-state index < -0.39 is 0 Å². The molecule has 1 radical (unpaired) electrons. The molecular formula is C8H16MnN8S8Zn. The smallest absolute Gasteiger partial charge is 0.412 e. The van der Waals surface area contributed by atoms with Crippen LogP contribution >= 0.6 is 48.9 Å². The summed E-state index contributed by atoms with van der Waals surface area (Å²) in [6.45, 7) is 3.53. The molecule has 0 bridgehead atoms. The van der Waals surface area contributed by atoms with E-state index in [1.807, 2.05) is 0 Å². The second-order valence-electron chi connectivity index (χ2n) is 3.83. The Kier molecular flexibility index (Phi) is 26.5. The van der Waals surface area contributed by atoms with Crippen LogP contribution in [0.5, 0.6) is 0 Å². The second-order valence-corrected chi connectivity index (χ2v) is 8.13. The number of hydrogen-bond acceptors (Lipinski definition) is 12. The second kappa shape index (κ2) is 19.7. The molecule has 8 N–H and O–H groups in total. The number of rotatable bonds is 6. The van der Waals surface area contributed by atoms with E-state index >= 15 is 0 Å². The van der Waals surface area contributed by atoms with Crippen LogP contribution in [0.3, 0.4) is 0 Å². The zero-order valence-electron chi connectivity index (χ0n) is 13.6. The van der Waals surface area contributed by atoms with Crippen LogP contribution in [0, 0.1) is 0 Å². The fraction of sp³-hybridized carbons (Fsp3) is 0.500. The molecule has 18 heteroatoms. The summed E-state index contributed by atoms with van der Waals surface area (Å²) in [6.07, 6.45) is -0.508. The van der Waals surface area contributed by atoms with E-state index in [1.165, 1.54) is 10.2 Å². The fourth-order valence-electron chi connectivity index (χ4n) is 0.885. The van der Waals surface area contributed by atoms with E-state index in [9.17, 15) is 0 Å². The molecule has 0 aromatic heterocycles. The Hall–Kier alpha value is 1.42. The first-order valence-corrected chi connectivity index (χ1v) is 9.11. The van der Waals surface area contributed by atoms with Gasteiger partial charge in [0.25, 0.3) is 0 Å². The van der Waals surface area contributed by atoms with Gasteiger partial charge in [-0.05, 0) is 22.5 Å². The Morgan fingerprint density at radius 1 is 0.731 bits per heavy atom. The minimum Gasteiger partial charge on any atom is -0.412 e. The van der Waals surface area contributed by atoms with Gasteiger partial charge in [0, 0.05) is 0 Å². The van der Waals surface area contributed by atoms with Crippen LogP contribution in [0.4, 0.5) is 0 Å². The van der Waals surface area contributed by atoms with Gasteiger partial charge >= 0.3 is 36.5 Å². The maximum absolute atomic E-state index is 5.47. The maximum Gasteiger partial charge on any atom is 2.00 e. The number of thiocarbonyl (C=S) groups is 4. The van der Waals surface area contributed by atoms with Crippen molar-refractivity contribution in [1.82, 2.24) is 31.7 Å². The summed E-state index contributed by atoms with van der Waals surface area (Å²) in [6, 6.07) is 0. The average Bonchev–Trinajstić information content (AvgIpc) is 2.36. The Labute approximate surface area is 220 Å². The molecule has 0 saturated heterocycles. The molecular weight excluding hydrogens is 585 g/mol. The van der Waals surface area contributed by atoms with E-state index in [0.717, 1.165) is 0 Å². The minimum absolute atomic E-state index is 0.